The average molecular weight is 363 g/mol. The van der Waals surface area contributed by atoms with Crippen molar-refractivity contribution in [2.45, 2.75) is 13.0 Å². The first kappa shape index (κ1) is 18.3. The number of carbonyl (C=O) groups excluding carboxylic acids is 2. The van der Waals surface area contributed by atoms with E-state index in [4.69, 9.17) is 4.74 Å². The highest BCUT2D eigenvalue weighted by atomic mass is 19.1. The molecule has 0 aliphatic heterocycles. The molecule has 3 rings (SSSR count). The standard InChI is InChI=1S/C22H18FNO3/c1-15-7-5-6-10-19(15)22(26)27-20(16-8-3-2-4-9-16)21(25)24-18-13-11-17(23)12-14-18/h2-14,20H,1H3,(H,24,25)/t20-/m1/s1. The van der Waals surface area contributed by atoms with Gasteiger partial charge in [-0.3, -0.25) is 4.79 Å². The van der Waals surface area contributed by atoms with Crippen LogP contribution < -0.4 is 5.32 Å². The summed E-state index contributed by atoms with van der Waals surface area (Å²) in [6, 6.07) is 21.1. The zero-order valence-corrected chi connectivity index (χ0v) is 14.7. The third-order valence-electron chi connectivity index (χ3n) is 4.04. The summed E-state index contributed by atoms with van der Waals surface area (Å²) in [6.07, 6.45) is -1.14. The minimum Gasteiger partial charge on any atom is -0.444 e. The van der Waals surface area contributed by atoms with Crippen LogP contribution in [-0.2, 0) is 9.53 Å². The summed E-state index contributed by atoms with van der Waals surface area (Å²) in [6.45, 7) is 1.80. The Hall–Kier alpha value is -3.47. The van der Waals surface area contributed by atoms with Gasteiger partial charge in [0, 0.05) is 11.3 Å². The Morgan fingerprint density at radius 2 is 1.52 bits per heavy atom. The molecule has 1 amide bonds. The number of halogens is 1. The lowest BCUT2D eigenvalue weighted by molar-refractivity contribution is -0.125. The number of aryl methyl sites for hydroxylation is 1. The molecule has 0 fully saturated rings. The first-order chi connectivity index (χ1) is 13.0. The molecule has 136 valence electrons. The smallest absolute Gasteiger partial charge is 0.339 e. The molecule has 1 atom stereocenters. The van der Waals surface area contributed by atoms with E-state index in [-0.39, 0.29) is 0 Å². The Bertz CT molecular complexity index is 939. The van der Waals surface area contributed by atoms with Crippen molar-refractivity contribution in [3.63, 3.8) is 0 Å². The van der Waals surface area contributed by atoms with Gasteiger partial charge in [-0.25, -0.2) is 9.18 Å². The fourth-order valence-corrected chi connectivity index (χ4v) is 2.61. The quantitative estimate of drug-likeness (QED) is 0.670. The highest BCUT2D eigenvalue weighted by Crippen LogP contribution is 2.22. The lowest BCUT2D eigenvalue weighted by Crippen LogP contribution is -2.26. The molecular weight excluding hydrogens is 345 g/mol. The molecule has 0 heterocycles. The highest BCUT2D eigenvalue weighted by Gasteiger charge is 2.26. The SMILES string of the molecule is Cc1ccccc1C(=O)O[C@@H](C(=O)Nc1ccc(F)cc1)c1ccccc1. The van der Waals surface area contributed by atoms with Crippen LogP contribution in [0.25, 0.3) is 0 Å². The van der Waals surface area contributed by atoms with Crippen molar-refractivity contribution in [1.82, 2.24) is 0 Å². The van der Waals surface area contributed by atoms with Gasteiger partial charge >= 0.3 is 5.97 Å². The minimum atomic E-state index is -1.14. The summed E-state index contributed by atoms with van der Waals surface area (Å²) < 4.78 is 18.6. The molecule has 0 bridgehead atoms. The van der Waals surface area contributed by atoms with Gasteiger partial charge in [0.25, 0.3) is 5.91 Å². The first-order valence-electron chi connectivity index (χ1n) is 8.42. The predicted octanol–water partition coefficient (Wildman–Crippen LogP) is 4.67. The zero-order valence-electron chi connectivity index (χ0n) is 14.7. The van der Waals surface area contributed by atoms with Crippen LogP contribution in [0.2, 0.25) is 0 Å². The molecule has 0 aromatic heterocycles. The van der Waals surface area contributed by atoms with E-state index < -0.39 is 23.8 Å². The number of amides is 1. The first-order valence-corrected chi connectivity index (χ1v) is 8.42. The van der Waals surface area contributed by atoms with Gasteiger partial charge in [0.15, 0.2) is 0 Å². The Kier molecular flexibility index (Phi) is 5.61. The van der Waals surface area contributed by atoms with E-state index in [2.05, 4.69) is 5.32 Å². The molecular formula is C22H18FNO3. The largest absolute Gasteiger partial charge is 0.444 e. The van der Waals surface area contributed by atoms with Crippen molar-refractivity contribution in [2.75, 3.05) is 5.32 Å². The van der Waals surface area contributed by atoms with E-state index in [0.717, 1.165) is 5.56 Å². The van der Waals surface area contributed by atoms with Crippen molar-refractivity contribution in [1.29, 1.82) is 0 Å². The number of hydrogen-bond acceptors (Lipinski definition) is 3. The lowest BCUT2D eigenvalue weighted by Gasteiger charge is -2.18. The Labute approximate surface area is 156 Å². The number of nitrogens with one attached hydrogen (secondary N) is 1. The van der Waals surface area contributed by atoms with E-state index >= 15 is 0 Å². The fraction of sp³-hybridized carbons (Fsp3) is 0.0909. The van der Waals surface area contributed by atoms with Crippen LogP contribution in [0.1, 0.15) is 27.6 Å². The molecule has 1 N–H and O–H groups in total. The average Bonchev–Trinajstić information content (AvgIpc) is 2.68. The second-order valence-electron chi connectivity index (χ2n) is 6.01. The van der Waals surface area contributed by atoms with Crippen molar-refractivity contribution < 1.29 is 18.7 Å². The van der Waals surface area contributed by atoms with Crippen molar-refractivity contribution in [3.05, 3.63) is 101 Å². The number of benzene rings is 3. The summed E-state index contributed by atoms with van der Waals surface area (Å²) in [5.41, 5.74) is 2.11. The fourth-order valence-electron chi connectivity index (χ4n) is 2.61. The van der Waals surface area contributed by atoms with Crippen LogP contribution in [0.5, 0.6) is 0 Å². The van der Waals surface area contributed by atoms with E-state index in [0.29, 0.717) is 16.8 Å². The van der Waals surface area contributed by atoms with Crippen LogP contribution in [0.4, 0.5) is 10.1 Å². The molecule has 3 aromatic carbocycles. The molecule has 0 saturated carbocycles. The predicted molar refractivity (Wildman–Crippen MR) is 101 cm³/mol. The molecule has 0 spiro atoms. The van der Waals surface area contributed by atoms with Gasteiger partial charge < -0.3 is 10.1 Å². The zero-order chi connectivity index (χ0) is 19.2. The summed E-state index contributed by atoms with van der Waals surface area (Å²) in [4.78, 5) is 25.4. The molecule has 27 heavy (non-hydrogen) atoms. The number of carbonyl (C=O) groups is 2. The van der Waals surface area contributed by atoms with Crippen LogP contribution >= 0.6 is 0 Å². The number of ether oxygens (including phenoxy) is 1. The Morgan fingerprint density at radius 1 is 0.889 bits per heavy atom. The Morgan fingerprint density at radius 3 is 2.19 bits per heavy atom. The lowest BCUT2D eigenvalue weighted by atomic mass is 10.1. The monoisotopic (exact) mass is 363 g/mol. The molecule has 0 saturated heterocycles. The van der Waals surface area contributed by atoms with Crippen molar-refractivity contribution in [3.8, 4) is 0 Å². The third kappa shape index (κ3) is 4.58. The summed E-state index contributed by atoms with van der Waals surface area (Å²) in [7, 11) is 0. The maximum atomic E-state index is 13.1. The second kappa shape index (κ2) is 8.27. The molecule has 0 unspecified atom stereocenters. The van der Waals surface area contributed by atoms with Crippen LogP contribution in [0.15, 0.2) is 78.9 Å². The summed E-state index contributed by atoms with van der Waals surface area (Å²) in [5, 5.41) is 2.66. The molecule has 0 aliphatic carbocycles. The van der Waals surface area contributed by atoms with Gasteiger partial charge in [-0.1, -0.05) is 48.5 Å². The molecule has 4 nitrogen and oxygen atoms in total. The topological polar surface area (TPSA) is 55.4 Å². The summed E-state index contributed by atoms with van der Waals surface area (Å²) >= 11 is 0. The van der Waals surface area contributed by atoms with Gasteiger partial charge in [0.2, 0.25) is 6.10 Å². The maximum absolute atomic E-state index is 13.1. The van der Waals surface area contributed by atoms with Crippen LogP contribution in [-0.4, -0.2) is 11.9 Å². The van der Waals surface area contributed by atoms with E-state index in [1.807, 2.05) is 12.1 Å². The van der Waals surface area contributed by atoms with E-state index in [1.54, 1.807) is 49.4 Å². The number of esters is 1. The molecule has 3 aromatic rings. The highest BCUT2D eigenvalue weighted by molar-refractivity contribution is 5.98. The Balaban J connectivity index is 1.85. The van der Waals surface area contributed by atoms with E-state index in [9.17, 15) is 14.0 Å². The molecule has 5 heteroatoms. The van der Waals surface area contributed by atoms with Crippen molar-refractivity contribution >= 4 is 17.6 Å². The van der Waals surface area contributed by atoms with Gasteiger partial charge in [-0.2, -0.15) is 0 Å². The number of anilines is 1. The normalized spacial score (nSPS) is 11.5. The van der Waals surface area contributed by atoms with Gasteiger partial charge in [0.05, 0.1) is 5.56 Å². The third-order valence-corrected chi connectivity index (χ3v) is 4.04. The van der Waals surface area contributed by atoms with Gasteiger partial charge in [0.1, 0.15) is 5.82 Å². The molecule has 0 radical (unpaired) electrons. The second-order valence-corrected chi connectivity index (χ2v) is 6.01. The van der Waals surface area contributed by atoms with Crippen LogP contribution in [0, 0.1) is 12.7 Å². The van der Waals surface area contributed by atoms with E-state index in [1.165, 1.54) is 24.3 Å². The van der Waals surface area contributed by atoms with Crippen LogP contribution in [0.3, 0.4) is 0 Å². The maximum Gasteiger partial charge on any atom is 0.339 e. The van der Waals surface area contributed by atoms with Gasteiger partial charge in [-0.05, 0) is 42.8 Å². The number of hydrogen-bond donors (Lipinski definition) is 1. The molecule has 0 aliphatic rings. The summed E-state index contributed by atoms with van der Waals surface area (Å²) in [5.74, 6) is -1.51. The van der Waals surface area contributed by atoms with Gasteiger partial charge in [-0.15, -0.1) is 0 Å². The number of rotatable bonds is 5. The van der Waals surface area contributed by atoms with Crippen molar-refractivity contribution in [2.24, 2.45) is 0 Å². The minimum absolute atomic E-state index is 0.396.